The van der Waals surface area contributed by atoms with Crippen LogP contribution in [0.1, 0.15) is 30.7 Å². The van der Waals surface area contributed by atoms with Crippen LogP contribution in [0, 0.1) is 17.2 Å². The zero-order valence-corrected chi connectivity index (χ0v) is 12.2. The number of nitrogens with one attached hydrogen (secondary N) is 1. The van der Waals surface area contributed by atoms with Crippen LogP contribution in [0.15, 0.2) is 30.3 Å². The van der Waals surface area contributed by atoms with E-state index in [9.17, 15) is 10.1 Å². The van der Waals surface area contributed by atoms with Crippen LogP contribution in [0.4, 0.5) is 0 Å². The molecule has 1 heterocycles. The van der Waals surface area contributed by atoms with E-state index in [4.69, 9.17) is 0 Å². The standard InChI is InChI=1S/C17H21N3O/c18-11-15-7-6-14(13-4-2-1-3-5-13)10-16(15)20-9-8-19-17(21)12-20/h1-5,14-16H,6-10,12H2,(H,19,21). The van der Waals surface area contributed by atoms with Crippen LogP contribution >= 0.6 is 0 Å². The zero-order valence-electron chi connectivity index (χ0n) is 12.2. The first-order valence-corrected chi connectivity index (χ1v) is 7.73. The largest absolute Gasteiger partial charge is 0.354 e. The molecule has 0 spiro atoms. The van der Waals surface area contributed by atoms with Gasteiger partial charge < -0.3 is 5.32 Å². The minimum absolute atomic E-state index is 0.0517. The fraction of sp³-hybridized carbons (Fsp3) is 0.529. The molecule has 21 heavy (non-hydrogen) atoms. The highest BCUT2D eigenvalue weighted by molar-refractivity contribution is 5.78. The highest BCUT2D eigenvalue weighted by Crippen LogP contribution is 2.38. The summed E-state index contributed by atoms with van der Waals surface area (Å²) in [4.78, 5) is 13.8. The highest BCUT2D eigenvalue weighted by atomic mass is 16.2. The van der Waals surface area contributed by atoms with E-state index in [2.05, 4.69) is 40.6 Å². The molecule has 3 rings (SSSR count). The van der Waals surface area contributed by atoms with E-state index in [0.717, 1.165) is 25.8 Å². The molecule has 0 bridgehead atoms. The molecule has 1 aromatic carbocycles. The molecule has 3 unspecified atom stereocenters. The number of carbonyl (C=O) groups is 1. The Labute approximate surface area is 125 Å². The van der Waals surface area contributed by atoms with Crippen LogP contribution in [0.5, 0.6) is 0 Å². The SMILES string of the molecule is N#CC1CCC(c2ccccc2)CC1N1CCNC(=O)C1. The predicted molar refractivity (Wildman–Crippen MR) is 80.5 cm³/mol. The fourth-order valence-corrected chi connectivity index (χ4v) is 3.67. The van der Waals surface area contributed by atoms with Crippen LogP contribution in [-0.2, 0) is 4.79 Å². The third-order valence-corrected chi connectivity index (χ3v) is 4.79. The molecule has 2 fully saturated rings. The number of nitrogens with zero attached hydrogens (tertiary/aromatic N) is 2. The summed E-state index contributed by atoms with van der Waals surface area (Å²) in [6.07, 6.45) is 2.98. The Hall–Kier alpha value is -1.86. The van der Waals surface area contributed by atoms with Gasteiger partial charge in [0.15, 0.2) is 0 Å². The van der Waals surface area contributed by atoms with Gasteiger partial charge in [-0.05, 0) is 30.7 Å². The molecule has 1 aromatic rings. The Morgan fingerprint density at radius 3 is 2.76 bits per heavy atom. The number of hydrogen-bond acceptors (Lipinski definition) is 3. The lowest BCUT2D eigenvalue weighted by Gasteiger charge is -2.41. The van der Waals surface area contributed by atoms with Gasteiger partial charge in [0.2, 0.25) is 5.91 Å². The smallest absolute Gasteiger partial charge is 0.234 e. The number of hydrogen-bond donors (Lipinski definition) is 1. The number of piperazine rings is 1. The Morgan fingerprint density at radius 2 is 2.05 bits per heavy atom. The molecule has 1 amide bonds. The van der Waals surface area contributed by atoms with Crippen molar-refractivity contribution in [2.24, 2.45) is 5.92 Å². The summed E-state index contributed by atoms with van der Waals surface area (Å²) in [6.45, 7) is 1.99. The van der Waals surface area contributed by atoms with Gasteiger partial charge in [0, 0.05) is 19.1 Å². The number of benzene rings is 1. The highest BCUT2D eigenvalue weighted by Gasteiger charge is 2.36. The van der Waals surface area contributed by atoms with E-state index in [0.29, 0.717) is 19.0 Å². The molecular weight excluding hydrogens is 262 g/mol. The van der Waals surface area contributed by atoms with Gasteiger partial charge in [-0.1, -0.05) is 30.3 Å². The lowest BCUT2D eigenvalue weighted by atomic mass is 9.75. The third kappa shape index (κ3) is 3.08. The summed E-state index contributed by atoms with van der Waals surface area (Å²) in [5, 5.41) is 12.3. The average Bonchev–Trinajstić information content (AvgIpc) is 2.55. The Balaban J connectivity index is 1.76. The van der Waals surface area contributed by atoms with Crippen molar-refractivity contribution in [2.75, 3.05) is 19.6 Å². The molecule has 2 aliphatic rings. The summed E-state index contributed by atoms with van der Waals surface area (Å²) in [5.74, 6) is 0.640. The molecule has 110 valence electrons. The van der Waals surface area contributed by atoms with Gasteiger partial charge >= 0.3 is 0 Å². The first-order valence-electron chi connectivity index (χ1n) is 7.73. The summed E-state index contributed by atoms with van der Waals surface area (Å²) in [7, 11) is 0. The van der Waals surface area contributed by atoms with Gasteiger partial charge in [0.1, 0.15) is 0 Å². The van der Waals surface area contributed by atoms with Gasteiger partial charge in [0.05, 0.1) is 18.5 Å². The Bertz CT molecular complexity index is 537. The van der Waals surface area contributed by atoms with Crippen molar-refractivity contribution in [3.05, 3.63) is 35.9 Å². The summed E-state index contributed by atoms with van der Waals surface area (Å²) in [6, 6.07) is 13.2. The van der Waals surface area contributed by atoms with Crippen LogP contribution in [-0.4, -0.2) is 36.5 Å². The second kappa shape index (κ2) is 6.28. The summed E-state index contributed by atoms with van der Waals surface area (Å²) < 4.78 is 0. The van der Waals surface area contributed by atoms with Crippen LogP contribution in [0.3, 0.4) is 0 Å². The lowest BCUT2D eigenvalue weighted by Crippen LogP contribution is -2.54. The summed E-state index contributed by atoms with van der Waals surface area (Å²) >= 11 is 0. The van der Waals surface area contributed by atoms with E-state index in [1.54, 1.807) is 0 Å². The Kier molecular flexibility index (Phi) is 4.21. The number of nitriles is 1. The van der Waals surface area contributed by atoms with E-state index >= 15 is 0 Å². The van der Waals surface area contributed by atoms with Crippen molar-refractivity contribution < 1.29 is 4.79 Å². The average molecular weight is 283 g/mol. The van der Waals surface area contributed by atoms with Crippen molar-refractivity contribution in [3.63, 3.8) is 0 Å². The van der Waals surface area contributed by atoms with E-state index in [1.807, 2.05) is 6.07 Å². The molecule has 1 saturated carbocycles. The van der Waals surface area contributed by atoms with Gasteiger partial charge in [-0.25, -0.2) is 0 Å². The van der Waals surface area contributed by atoms with Crippen LogP contribution < -0.4 is 5.32 Å². The van der Waals surface area contributed by atoms with Gasteiger partial charge in [-0.2, -0.15) is 5.26 Å². The minimum atomic E-state index is 0.0517. The van der Waals surface area contributed by atoms with Crippen LogP contribution in [0.25, 0.3) is 0 Å². The monoisotopic (exact) mass is 283 g/mol. The molecule has 1 saturated heterocycles. The predicted octanol–water partition coefficient (Wildman–Crippen LogP) is 1.89. The van der Waals surface area contributed by atoms with Crippen LogP contribution in [0.2, 0.25) is 0 Å². The molecule has 1 N–H and O–H groups in total. The molecule has 3 atom stereocenters. The maximum atomic E-state index is 11.6. The third-order valence-electron chi connectivity index (χ3n) is 4.79. The van der Waals surface area contributed by atoms with Crippen molar-refractivity contribution in [3.8, 4) is 6.07 Å². The number of carbonyl (C=O) groups excluding carboxylic acids is 1. The minimum Gasteiger partial charge on any atom is -0.354 e. The first kappa shape index (κ1) is 14.1. The van der Waals surface area contributed by atoms with Crippen molar-refractivity contribution in [1.29, 1.82) is 5.26 Å². The topological polar surface area (TPSA) is 56.1 Å². The maximum Gasteiger partial charge on any atom is 0.234 e. The summed E-state index contributed by atoms with van der Waals surface area (Å²) in [5.41, 5.74) is 1.36. The van der Waals surface area contributed by atoms with E-state index < -0.39 is 0 Å². The van der Waals surface area contributed by atoms with E-state index in [-0.39, 0.29) is 17.9 Å². The molecule has 1 aliphatic carbocycles. The van der Waals surface area contributed by atoms with Crippen molar-refractivity contribution >= 4 is 5.91 Å². The normalized spacial score (nSPS) is 30.4. The van der Waals surface area contributed by atoms with E-state index in [1.165, 1.54) is 5.56 Å². The van der Waals surface area contributed by atoms with Gasteiger partial charge in [-0.15, -0.1) is 0 Å². The Morgan fingerprint density at radius 1 is 1.24 bits per heavy atom. The van der Waals surface area contributed by atoms with Crippen molar-refractivity contribution in [1.82, 2.24) is 10.2 Å². The van der Waals surface area contributed by atoms with Crippen molar-refractivity contribution in [2.45, 2.75) is 31.2 Å². The molecule has 1 aliphatic heterocycles. The van der Waals surface area contributed by atoms with Gasteiger partial charge in [0.25, 0.3) is 0 Å². The maximum absolute atomic E-state index is 11.6. The van der Waals surface area contributed by atoms with Gasteiger partial charge in [-0.3, -0.25) is 9.69 Å². The first-order chi connectivity index (χ1) is 10.3. The molecule has 0 aromatic heterocycles. The molecule has 4 heteroatoms. The number of rotatable bonds is 2. The fourth-order valence-electron chi connectivity index (χ4n) is 3.67. The quantitative estimate of drug-likeness (QED) is 0.902. The second-order valence-electron chi connectivity index (χ2n) is 6.04. The number of amides is 1. The molecule has 0 radical (unpaired) electrons. The lowest BCUT2D eigenvalue weighted by molar-refractivity contribution is -0.125. The molecular formula is C17H21N3O. The second-order valence-corrected chi connectivity index (χ2v) is 6.04. The molecule has 4 nitrogen and oxygen atoms in total. The zero-order chi connectivity index (χ0) is 14.7.